The van der Waals surface area contributed by atoms with Crippen LogP contribution in [0, 0.1) is 5.92 Å². The predicted molar refractivity (Wildman–Crippen MR) is 94.5 cm³/mol. The summed E-state index contributed by atoms with van der Waals surface area (Å²) in [5, 5.41) is 2.11. The minimum atomic E-state index is -0.283. The van der Waals surface area contributed by atoms with E-state index in [1.54, 1.807) is 11.3 Å². The summed E-state index contributed by atoms with van der Waals surface area (Å²) in [6.45, 7) is 6.54. The average molecular weight is 350 g/mol. The summed E-state index contributed by atoms with van der Waals surface area (Å²) >= 11 is 1.80. The molecule has 0 aliphatic carbocycles. The molecule has 24 heavy (non-hydrogen) atoms. The molecule has 0 aromatic carbocycles. The Morgan fingerprint density at radius 1 is 1.17 bits per heavy atom. The lowest BCUT2D eigenvalue weighted by Gasteiger charge is -2.36. The van der Waals surface area contributed by atoms with Gasteiger partial charge in [-0.25, -0.2) is 0 Å². The Hall–Kier alpha value is -1.44. The number of primary amides is 1. The van der Waals surface area contributed by atoms with Gasteiger partial charge in [0, 0.05) is 50.7 Å². The minimum absolute atomic E-state index is 0.132. The monoisotopic (exact) mass is 350 g/mol. The first-order valence-corrected chi connectivity index (χ1v) is 9.54. The molecule has 1 atom stereocenters. The number of nitrogens with zero attached hydrogens (tertiary/aromatic N) is 3. The second-order valence-electron chi connectivity index (χ2n) is 6.71. The van der Waals surface area contributed by atoms with Gasteiger partial charge in [0.05, 0.1) is 12.5 Å². The molecule has 6 nitrogen and oxygen atoms in total. The Balaban J connectivity index is 1.42. The Morgan fingerprint density at radius 3 is 2.58 bits per heavy atom. The summed E-state index contributed by atoms with van der Waals surface area (Å²) in [4.78, 5) is 31.7. The number of hydrogen-bond acceptors (Lipinski definition) is 5. The highest BCUT2D eigenvalue weighted by Gasteiger charge is 2.28. The van der Waals surface area contributed by atoms with Crippen LogP contribution < -0.4 is 5.73 Å². The van der Waals surface area contributed by atoms with Crippen molar-refractivity contribution in [1.29, 1.82) is 0 Å². The first kappa shape index (κ1) is 17.4. The van der Waals surface area contributed by atoms with Gasteiger partial charge in [-0.1, -0.05) is 6.07 Å². The molecule has 132 valence electrons. The van der Waals surface area contributed by atoms with E-state index in [9.17, 15) is 9.59 Å². The topological polar surface area (TPSA) is 69.9 Å². The summed E-state index contributed by atoms with van der Waals surface area (Å²) < 4.78 is 0. The van der Waals surface area contributed by atoms with Crippen molar-refractivity contribution in [2.45, 2.75) is 19.4 Å². The van der Waals surface area contributed by atoms with E-state index >= 15 is 0 Å². The Labute approximate surface area is 147 Å². The number of likely N-dealkylation sites (tertiary alicyclic amines) is 1. The highest BCUT2D eigenvalue weighted by molar-refractivity contribution is 7.09. The van der Waals surface area contributed by atoms with Crippen LogP contribution in [0.4, 0.5) is 0 Å². The minimum Gasteiger partial charge on any atom is -0.369 e. The number of nitrogens with two attached hydrogens (primary N) is 1. The number of piperidine rings is 1. The standard InChI is InChI=1S/C17H26N4O2S/c18-17(23)14-3-1-5-21(11-14)16(22)13-20-8-6-19(7-9-20)12-15-4-2-10-24-15/h2,4,10,14H,1,3,5-9,11-13H2,(H2,18,23). The number of amides is 2. The molecular formula is C17H26N4O2S. The maximum Gasteiger partial charge on any atom is 0.236 e. The van der Waals surface area contributed by atoms with E-state index in [2.05, 4.69) is 27.3 Å². The van der Waals surface area contributed by atoms with Crippen molar-refractivity contribution in [2.24, 2.45) is 11.7 Å². The van der Waals surface area contributed by atoms with Gasteiger partial charge in [0.2, 0.25) is 11.8 Å². The zero-order valence-electron chi connectivity index (χ0n) is 14.0. The van der Waals surface area contributed by atoms with Crippen LogP contribution in [-0.4, -0.2) is 72.3 Å². The predicted octanol–water partition coefficient (Wildman–Crippen LogP) is 0.590. The Kier molecular flexibility index (Phi) is 5.86. The summed E-state index contributed by atoms with van der Waals surface area (Å²) in [7, 11) is 0. The lowest BCUT2D eigenvalue weighted by atomic mass is 9.97. The number of carbonyl (C=O) groups excluding carboxylic acids is 2. The molecule has 1 aromatic heterocycles. The van der Waals surface area contributed by atoms with E-state index in [-0.39, 0.29) is 17.7 Å². The summed E-state index contributed by atoms with van der Waals surface area (Å²) in [5.41, 5.74) is 5.39. The average Bonchev–Trinajstić information content (AvgIpc) is 3.10. The van der Waals surface area contributed by atoms with Gasteiger partial charge in [-0.2, -0.15) is 0 Å². The van der Waals surface area contributed by atoms with Crippen molar-refractivity contribution in [3.05, 3.63) is 22.4 Å². The van der Waals surface area contributed by atoms with Crippen molar-refractivity contribution < 1.29 is 9.59 Å². The van der Waals surface area contributed by atoms with Crippen LogP contribution in [0.25, 0.3) is 0 Å². The number of carbonyl (C=O) groups is 2. The van der Waals surface area contributed by atoms with Crippen molar-refractivity contribution in [2.75, 3.05) is 45.8 Å². The van der Waals surface area contributed by atoms with Gasteiger partial charge in [0.1, 0.15) is 0 Å². The Bertz CT molecular complexity index is 555. The fraction of sp³-hybridized carbons (Fsp3) is 0.647. The van der Waals surface area contributed by atoms with E-state index in [0.29, 0.717) is 13.1 Å². The maximum atomic E-state index is 12.5. The number of rotatable bonds is 5. The SMILES string of the molecule is NC(=O)C1CCCN(C(=O)CN2CCN(Cc3cccs3)CC2)C1. The number of thiophene rings is 1. The van der Waals surface area contributed by atoms with Gasteiger partial charge in [0.25, 0.3) is 0 Å². The van der Waals surface area contributed by atoms with Gasteiger partial charge < -0.3 is 10.6 Å². The molecule has 2 amide bonds. The highest BCUT2D eigenvalue weighted by atomic mass is 32.1. The molecule has 3 heterocycles. The second kappa shape index (κ2) is 8.09. The van der Waals surface area contributed by atoms with Crippen molar-refractivity contribution in [3.63, 3.8) is 0 Å². The Morgan fingerprint density at radius 2 is 1.92 bits per heavy atom. The lowest BCUT2D eigenvalue weighted by molar-refractivity contribution is -0.136. The van der Waals surface area contributed by atoms with E-state index in [4.69, 9.17) is 5.73 Å². The smallest absolute Gasteiger partial charge is 0.236 e. The molecule has 1 unspecified atom stereocenters. The molecule has 0 saturated carbocycles. The van der Waals surface area contributed by atoms with E-state index < -0.39 is 0 Å². The molecule has 0 bridgehead atoms. The molecule has 0 radical (unpaired) electrons. The molecule has 2 aliphatic heterocycles. The van der Waals surface area contributed by atoms with Gasteiger partial charge in [-0.3, -0.25) is 19.4 Å². The third-order valence-corrected chi connectivity index (χ3v) is 5.82. The molecule has 3 rings (SSSR count). The molecule has 1 aromatic rings. The normalized spacial score (nSPS) is 23.3. The van der Waals surface area contributed by atoms with Crippen LogP contribution in [-0.2, 0) is 16.1 Å². The number of hydrogen-bond donors (Lipinski definition) is 1. The number of piperazine rings is 1. The van der Waals surface area contributed by atoms with Crippen molar-refractivity contribution in [3.8, 4) is 0 Å². The van der Waals surface area contributed by atoms with E-state index in [0.717, 1.165) is 52.1 Å². The van der Waals surface area contributed by atoms with Gasteiger partial charge in [-0.15, -0.1) is 11.3 Å². The van der Waals surface area contributed by atoms with Crippen LogP contribution in [0.2, 0.25) is 0 Å². The molecule has 2 fully saturated rings. The lowest BCUT2D eigenvalue weighted by Crippen LogP contribution is -2.51. The van der Waals surface area contributed by atoms with Crippen LogP contribution in [0.1, 0.15) is 17.7 Å². The summed E-state index contributed by atoms with van der Waals surface area (Å²) in [5.74, 6) is -0.326. The zero-order valence-corrected chi connectivity index (χ0v) is 14.8. The van der Waals surface area contributed by atoms with E-state index in [1.165, 1.54) is 4.88 Å². The molecular weight excluding hydrogens is 324 g/mol. The fourth-order valence-electron chi connectivity index (χ4n) is 3.46. The first-order chi connectivity index (χ1) is 11.6. The van der Waals surface area contributed by atoms with Crippen LogP contribution >= 0.6 is 11.3 Å². The van der Waals surface area contributed by atoms with Crippen LogP contribution in [0.5, 0.6) is 0 Å². The van der Waals surface area contributed by atoms with E-state index in [1.807, 2.05) is 4.90 Å². The zero-order chi connectivity index (χ0) is 16.9. The molecule has 2 N–H and O–H groups in total. The van der Waals surface area contributed by atoms with Crippen LogP contribution in [0.3, 0.4) is 0 Å². The molecule has 0 spiro atoms. The molecule has 2 saturated heterocycles. The summed E-state index contributed by atoms with van der Waals surface area (Å²) in [6, 6.07) is 4.26. The van der Waals surface area contributed by atoms with Gasteiger partial charge >= 0.3 is 0 Å². The largest absolute Gasteiger partial charge is 0.369 e. The summed E-state index contributed by atoms with van der Waals surface area (Å²) in [6.07, 6.45) is 1.68. The molecule has 2 aliphatic rings. The quantitative estimate of drug-likeness (QED) is 0.844. The fourth-order valence-corrected chi connectivity index (χ4v) is 4.20. The van der Waals surface area contributed by atoms with Crippen molar-refractivity contribution >= 4 is 23.2 Å². The van der Waals surface area contributed by atoms with Crippen LogP contribution in [0.15, 0.2) is 17.5 Å². The van der Waals surface area contributed by atoms with Gasteiger partial charge in [-0.05, 0) is 24.3 Å². The highest BCUT2D eigenvalue weighted by Crippen LogP contribution is 2.17. The first-order valence-electron chi connectivity index (χ1n) is 8.66. The second-order valence-corrected chi connectivity index (χ2v) is 7.75. The molecule has 7 heteroatoms. The third-order valence-electron chi connectivity index (χ3n) is 4.96. The van der Waals surface area contributed by atoms with Gasteiger partial charge in [0.15, 0.2) is 0 Å². The van der Waals surface area contributed by atoms with Crippen molar-refractivity contribution in [1.82, 2.24) is 14.7 Å². The maximum absolute atomic E-state index is 12.5. The third kappa shape index (κ3) is 4.55.